The Labute approximate surface area is 167 Å². The van der Waals surface area contributed by atoms with Crippen LogP contribution in [0.3, 0.4) is 0 Å². The molecule has 1 saturated heterocycles. The molecule has 2 amide bonds. The first-order chi connectivity index (χ1) is 12.0. The van der Waals surface area contributed by atoms with E-state index in [-0.39, 0.29) is 21.9 Å². The predicted octanol–water partition coefficient (Wildman–Crippen LogP) is 4.71. The van der Waals surface area contributed by atoms with E-state index in [0.717, 1.165) is 0 Å². The normalized spacial score (nSPS) is 22.5. The third-order valence-electron chi connectivity index (χ3n) is 6.31. The lowest BCUT2D eigenvalue weighted by Crippen LogP contribution is -2.52. The third kappa shape index (κ3) is 5.19. The Hall–Kier alpha value is -0.766. The molecule has 1 aliphatic heterocycles. The molecule has 7 heteroatoms. The van der Waals surface area contributed by atoms with E-state index >= 15 is 0 Å². The molecule has 0 radical (unpaired) electrons. The van der Waals surface area contributed by atoms with Gasteiger partial charge < -0.3 is 8.85 Å². The van der Waals surface area contributed by atoms with E-state index in [1.807, 2.05) is 0 Å². The standard InChI is InChI=1S/C20H39NO4Si2/c1-12-13-14-21-17(22)15(24-26(8,9)19(2,3)4)16(18(21)23)25-27(10,11)20(5,6)7/h12,15-16H,1,13-14H2,2-11H3/t15-,16-/m1/s1. The molecule has 2 atom stereocenters. The van der Waals surface area contributed by atoms with Gasteiger partial charge in [0, 0.05) is 6.54 Å². The van der Waals surface area contributed by atoms with Gasteiger partial charge in [-0.2, -0.15) is 0 Å². The lowest BCUT2D eigenvalue weighted by atomic mass is 10.2. The molecule has 1 rings (SSSR count). The maximum Gasteiger partial charge on any atom is 0.260 e. The first-order valence-corrected chi connectivity index (χ1v) is 15.6. The van der Waals surface area contributed by atoms with Crippen molar-refractivity contribution in [1.82, 2.24) is 4.90 Å². The van der Waals surface area contributed by atoms with Gasteiger partial charge in [-0.15, -0.1) is 6.58 Å². The van der Waals surface area contributed by atoms with Crippen LogP contribution in [0.1, 0.15) is 48.0 Å². The predicted molar refractivity (Wildman–Crippen MR) is 116 cm³/mol. The Morgan fingerprint density at radius 3 is 1.48 bits per heavy atom. The molecule has 0 aromatic rings. The summed E-state index contributed by atoms with van der Waals surface area (Å²) < 4.78 is 12.9. The van der Waals surface area contributed by atoms with Crippen LogP contribution < -0.4 is 0 Å². The van der Waals surface area contributed by atoms with E-state index in [9.17, 15) is 9.59 Å². The SMILES string of the molecule is C=CCCN1C(=O)[C@H](O[Si](C)(C)C(C)(C)C)[C@@H](O[Si](C)(C)C(C)(C)C)C1=O. The summed E-state index contributed by atoms with van der Waals surface area (Å²) in [5, 5.41) is -0.126. The second-order valence-corrected chi connectivity index (χ2v) is 20.0. The Kier molecular flexibility index (Phi) is 7.13. The summed E-state index contributed by atoms with van der Waals surface area (Å²) in [5.41, 5.74) is 0. The quantitative estimate of drug-likeness (QED) is 0.344. The van der Waals surface area contributed by atoms with Crippen LogP contribution in [0.15, 0.2) is 12.7 Å². The van der Waals surface area contributed by atoms with Gasteiger partial charge in [-0.3, -0.25) is 14.5 Å². The number of likely N-dealkylation sites (tertiary alicyclic amines) is 1. The summed E-state index contributed by atoms with van der Waals surface area (Å²) in [6.45, 7) is 25.2. The van der Waals surface area contributed by atoms with Crippen molar-refractivity contribution >= 4 is 28.4 Å². The molecular formula is C20H39NO4Si2. The minimum Gasteiger partial charge on any atom is -0.403 e. The number of imide groups is 1. The average Bonchev–Trinajstić information content (AvgIpc) is 2.67. The highest BCUT2D eigenvalue weighted by Crippen LogP contribution is 2.42. The van der Waals surface area contributed by atoms with Crippen molar-refractivity contribution in [2.45, 2.75) is 96.4 Å². The van der Waals surface area contributed by atoms with Gasteiger partial charge in [0.15, 0.2) is 28.8 Å². The molecule has 0 aromatic carbocycles. The molecule has 156 valence electrons. The van der Waals surface area contributed by atoms with Gasteiger partial charge in [0.25, 0.3) is 11.8 Å². The maximum absolute atomic E-state index is 13.1. The van der Waals surface area contributed by atoms with E-state index in [4.69, 9.17) is 8.85 Å². The van der Waals surface area contributed by atoms with Crippen molar-refractivity contribution < 1.29 is 18.4 Å². The molecule has 0 N–H and O–H groups in total. The summed E-state index contributed by atoms with van der Waals surface area (Å²) in [6.07, 6.45) is 0.582. The van der Waals surface area contributed by atoms with E-state index in [0.29, 0.717) is 13.0 Å². The van der Waals surface area contributed by atoms with Crippen LogP contribution >= 0.6 is 0 Å². The van der Waals surface area contributed by atoms with Crippen LogP contribution in [0.2, 0.25) is 36.3 Å². The van der Waals surface area contributed by atoms with Gasteiger partial charge in [0.1, 0.15) is 0 Å². The summed E-state index contributed by atoms with van der Waals surface area (Å²) in [6, 6.07) is 0. The van der Waals surface area contributed by atoms with E-state index in [1.54, 1.807) is 6.08 Å². The molecule has 0 saturated carbocycles. The molecule has 5 nitrogen and oxygen atoms in total. The van der Waals surface area contributed by atoms with Crippen LogP contribution in [0, 0.1) is 0 Å². The highest BCUT2D eigenvalue weighted by atomic mass is 28.4. The monoisotopic (exact) mass is 413 g/mol. The van der Waals surface area contributed by atoms with Crippen molar-refractivity contribution in [3.63, 3.8) is 0 Å². The van der Waals surface area contributed by atoms with Crippen LogP contribution in [0.4, 0.5) is 0 Å². The van der Waals surface area contributed by atoms with Gasteiger partial charge in [0.2, 0.25) is 0 Å². The molecular weight excluding hydrogens is 374 g/mol. The Bertz CT molecular complexity index is 542. The first-order valence-electron chi connectivity index (χ1n) is 9.78. The van der Waals surface area contributed by atoms with Crippen LogP contribution in [-0.4, -0.2) is 52.1 Å². The fourth-order valence-corrected chi connectivity index (χ4v) is 4.75. The summed E-state index contributed by atoms with van der Waals surface area (Å²) in [7, 11) is -4.50. The Morgan fingerprint density at radius 2 is 1.22 bits per heavy atom. The highest BCUT2D eigenvalue weighted by Gasteiger charge is 2.55. The van der Waals surface area contributed by atoms with Crippen molar-refractivity contribution in [1.29, 1.82) is 0 Å². The Balaban J connectivity index is 3.26. The molecule has 0 aliphatic carbocycles. The van der Waals surface area contributed by atoms with Gasteiger partial charge >= 0.3 is 0 Å². The first kappa shape index (κ1) is 24.3. The number of nitrogens with zero attached hydrogens (tertiary/aromatic N) is 1. The van der Waals surface area contributed by atoms with Crippen molar-refractivity contribution in [3.05, 3.63) is 12.7 Å². The second kappa shape index (κ2) is 7.93. The van der Waals surface area contributed by atoms with Crippen molar-refractivity contribution in [3.8, 4) is 0 Å². The molecule has 0 aromatic heterocycles. The number of carbonyl (C=O) groups excluding carboxylic acids is 2. The van der Waals surface area contributed by atoms with Gasteiger partial charge in [0.05, 0.1) is 0 Å². The topological polar surface area (TPSA) is 55.8 Å². The summed E-state index contributed by atoms with van der Waals surface area (Å²) in [4.78, 5) is 27.5. The van der Waals surface area contributed by atoms with Crippen molar-refractivity contribution in [2.24, 2.45) is 0 Å². The fraction of sp³-hybridized carbons (Fsp3) is 0.800. The van der Waals surface area contributed by atoms with Gasteiger partial charge in [-0.05, 0) is 42.7 Å². The summed E-state index contributed by atoms with van der Waals surface area (Å²) >= 11 is 0. The molecule has 0 unspecified atom stereocenters. The maximum atomic E-state index is 13.1. The minimum atomic E-state index is -2.25. The van der Waals surface area contributed by atoms with Crippen LogP contribution in [0.5, 0.6) is 0 Å². The Morgan fingerprint density at radius 1 is 0.889 bits per heavy atom. The molecule has 27 heavy (non-hydrogen) atoms. The number of hydrogen-bond acceptors (Lipinski definition) is 4. The minimum absolute atomic E-state index is 0.0631. The average molecular weight is 414 g/mol. The number of hydrogen-bond donors (Lipinski definition) is 0. The number of amides is 2. The van der Waals surface area contributed by atoms with Crippen LogP contribution in [0.25, 0.3) is 0 Å². The fourth-order valence-electron chi connectivity index (χ4n) is 2.33. The third-order valence-corrected chi connectivity index (χ3v) is 15.2. The smallest absolute Gasteiger partial charge is 0.260 e. The highest BCUT2D eigenvalue weighted by molar-refractivity contribution is 6.75. The lowest BCUT2D eigenvalue weighted by molar-refractivity contribution is -0.141. The molecule has 0 bridgehead atoms. The zero-order valence-corrected chi connectivity index (χ0v) is 20.9. The molecule has 1 aliphatic rings. The lowest BCUT2D eigenvalue weighted by Gasteiger charge is -2.41. The number of rotatable bonds is 7. The van der Waals surface area contributed by atoms with Crippen molar-refractivity contribution in [2.75, 3.05) is 6.54 Å². The molecule has 1 fully saturated rings. The number of carbonyl (C=O) groups is 2. The van der Waals surface area contributed by atoms with Crippen LogP contribution in [-0.2, 0) is 18.4 Å². The molecule has 1 heterocycles. The van der Waals surface area contributed by atoms with E-state index in [1.165, 1.54) is 4.90 Å². The largest absolute Gasteiger partial charge is 0.403 e. The van der Waals surface area contributed by atoms with Gasteiger partial charge in [-0.1, -0.05) is 47.6 Å². The second-order valence-electron chi connectivity index (χ2n) is 10.5. The van der Waals surface area contributed by atoms with E-state index in [2.05, 4.69) is 74.3 Å². The van der Waals surface area contributed by atoms with E-state index < -0.39 is 28.8 Å². The van der Waals surface area contributed by atoms with Gasteiger partial charge in [-0.25, -0.2) is 0 Å². The summed E-state index contributed by atoms with van der Waals surface area (Å²) in [5.74, 6) is -0.536. The zero-order valence-electron chi connectivity index (χ0n) is 18.9. The zero-order chi connectivity index (χ0) is 21.4. The molecule has 0 spiro atoms.